The molecule has 2 saturated heterocycles. The van der Waals surface area contributed by atoms with E-state index in [4.69, 9.17) is 11.2 Å². The van der Waals surface area contributed by atoms with Crippen molar-refractivity contribution in [3.8, 4) is 12.3 Å². The highest BCUT2D eigenvalue weighted by Gasteiger charge is 2.35. The van der Waals surface area contributed by atoms with Crippen LogP contribution in [0.1, 0.15) is 12.8 Å². The number of nitrogens with one attached hydrogen (secondary N) is 1. The van der Waals surface area contributed by atoms with Crippen LogP contribution in [-0.4, -0.2) is 69.1 Å². The predicted molar refractivity (Wildman–Crippen MR) is 74.8 cm³/mol. The van der Waals surface area contributed by atoms with Crippen molar-refractivity contribution >= 4 is 15.7 Å². The highest BCUT2D eigenvalue weighted by Crippen LogP contribution is 2.19. The van der Waals surface area contributed by atoms with E-state index in [9.17, 15) is 13.2 Å². The molecule has 2 fully saturated rings. The highest BCUT2D eigenvalue weighted by atomic mass is 32.2. The molecule has 0 aliphatic carbocycles. The van der Waals surface area contributed by atoms with Gasteiger partial charge in [-0.1, -0.05) is 5.92 Å². The molecule has 112 valence electrons. The van der Waals surface area contributed by atoms with Crippen molar-refractivity contribution in [1.29, 1.82) is 0 Å². The van der Waals surface area contributed by atoms with Crippen LogP contribution in [0.3, 0.4) is 0 Å². The molecule has 0 spiro atoms. The molecule has 2 atom stereocenters. The van der Waals surface area contributed by atoms with Crippen LogP contribution in [0.2, 0.25) is 0 Å². The Bertz CT molecular complexity index is 491. The average molecular weight is 300 g/mol. The minimum atomic E-state index is -3.03. The van der Waals surface area contributed by atoms with Crippen molar-refractivity contribution in [1.82, 2.24) is 10.2 Å². The van der Waals surface area contributed by atoms with Gasteiger partial charge in [0.2, 0.25) is 5.91 Å². The fourth-order valence-electron chi connectivity index (χ4n) is 2.60. The molecule has 0 bridgehead atoms. The zero-order valence-corrected chi connectivity index (χ0v) is 12.2. The number of ether oxygens (including phenoxy) is 1. The van der Waals surface area contributed by atoms with Crippen molar-refractivity contribution in [2.45, 2.75) is 25.0 Å². The number of rotatable bonds is 4. The number of amides is 1. The first-order valence-corrected chi connectivity index (χ1v) is 8.59. The summed E-state index contributed by atoms with van der Waals surface area (Å²) in [4.78, 5) is 13.8. The monoisotopic (exact) mass is 300 g/mol. The zero-order valence-electron chi connectivity index (χ0n) is 11.4. The maximum Gasteiger partial charge on any atom is 0.226 e. The summed E-state index contributed by atoms with van der Waals surface area (Å²) in [6, 6.07) is -0.292. The van der Waals surface area contributed by atoms with E-state index in [1.165, 1.54) is 4.90 Å². The summed E-state index contributed by atoms with van der Waals surface area (Å²) in [7, 11) is -3.03. The first-order valence-electron chi connectivity index (χ1n) is 6.77. The molecule has 0 saturated carbocycles. The molecule has 0 aromatic carbocycles. The van der Waals surface area contributed by atoms with Crippen LogP contribution < -0.4 is 5.32 Å². The summed E-state index contributed by atoms with van der Waals surface area (Å²) in [5, 5.41) is 3.16. The number of nitrogens with zero attached hydrogens (tertiary/aromatic N) is 1. The molecule has 2 heterocycles. The number of carbonyl (C=O) groups is 1. The van der Waals surface area contributed by atoms with Gasteiger partial charge < -0.3 is 15.0 Å². The quantitative estimate of drug-likeness (QED) is 0.675. The van der Waals surface area contributed by atoms with Crippen LogP contribution in [-0.2, 0) is 19.4 Å². The molecule has 1 amide bonds. The predicted octanol–water partition coefficient (Wildman–Crippen LogP) is -0.986. The van der Waals surface area contributed by atoms with Crippen LogP contribution in [0.15, 0.2) is 0 Å². The molecule has 2 aliphatic rings. The van der Waals surface area contributed by atoms with Crippen molar-refractivity contribution in [2.75, 3.05) is 37.7 Å². The van der Waals surface area contributed by atoms with Crippen molar-refractivity contribution in [3.63, 3.8) is 0 Å². The van der Waals surface area contributed by atoms with Crippen LogP contribution in [0, 0.1) is 12.3 Å². The lowest BCUT2D eigenvalue weighted by Gasteiger charge is -2.29. The van der Waals surface area contributed by atoms with Gasteiger partial charge in [-0.3, -0.25) is 4.79 Å². The molecule has 6 nitrogen and oxygen atoms in total. The Kier molecular flexibility index (Phi) is 5.02. The van der Waals surface area contributed by atoms with Crippen molar-refractivity contribution in [2.24, 2.45) is 0 Å². The third-order valence-electron chi connectivity index (χ3n) is 3.64. The number of morpholine rings is 1. The van der Waals surface area contributed by atoms with Gasteiger partial charge in [-0.15, -0.1) is 6.42 Å². The van der Waals surface area contributed by atoms with Gasteiger partial charge in [0.05, 0.1) is 37.2 Å². The Hall–Kier alpha value is -1.10. The van der Waals surface area contributed by atoms with E-state index in [2.05, 4.69) is 11.2 Å². The molecule has 7 heteroatoms. The zero-order chi connectivity index (χ0) is 14.6. The SMILES string of the molecule is C#CCN(C(=O)CC1CNCCO1)C1CCS(=O)(=O)C1. The fraction of sp³-hybridized carbons (Fsp3) is 0.769. The molecule has 0 aromatic heterocycles. The van der Waals surface area contributed by atoms with E-state index in [0.717, 1.165) is 6.54 Å². The van der Waals surface area contributed by atoms with Crippen LogP contribution >= 0.6 is 0 Å². The van der Waals surface area contributed by atoms with Gasteiger partial charge in [0.15, 0.2) is 9.84 Å². The Labute approximate surface area is 119 Å². The average Bonchev–Trinajstić information content (AvgIpc) is 2.77. The standard InChI is InChI=1S/C13H20N2O4S/c1-2-5-15(11-3-7-20(17,18)10-11)13(16)8-12-9-14-4-6-19-12/h1,11-12,14H,3-10H2. The minimum absolute atomic E-state index is 0.0180. The summed E-state index contributed by atoms with van der Waals surface area (Å²) >= 11 is 0. The third kappa shape index (κ3) is 3.95. The fourth-order valence-corrected chi connectivity index (χ4v) is 4.33. The van der Waals surface area contributed by atoms with Gasteiger partial charge in [0, 0.05) is 19.1 Å². The Morgan fingerprint density at radius 2 is 2.30 bits per heavy atom. The van der Waals surface area contributed by atoms with Gasteiger partial charge in [0.1, 0.15) is 0 Å². The number of sulfone groups is 1. The summed E-state index contributed by atoms with van der Waals surface area (Å²) in [6.07, 6.45) is 5.85. The number of carbonyl (C=O) groups excluding carboxylic acids is 1. The van der Waals surface area contributed by atoms with E-state index in [0.29, 0.717) is 19.6 Å². The third-order valence-corrected chi connectivity index (χ3v) is 5.39. The van der Waals surface area contributed by atoms with E-state index >= 15 is 0 Å². The first-order chi connectivity index (χ1) is 9.52. The normalized spacial score (nSPS) is 28.8. The van der Waals surface area contributed by atoms with Crippen molar-refractivity contribution < 1.29 is 17.9 Å². The number of hydrogen-bond acceptors (Lipinski definition) is 5. The van der Waals surface area contributed by atoms with Gasteiger partial charge in [0.25, 0.3) is 0 Å². The Balaban J connectivity index is 1.97. The second-order valence-electron chi connectivity index (χ2n) is 5.18. The molecule has 0 radical (unpaired) electrons. The number of terminal acetylenes is 1. The molecule has 0 aromatic rings. The molecule has 2 rings (SSSR count). The molecular formula is C13H20N2O4S. The van der Waals surface area contributed by atoms with E-state index in [1.54, 1.807) is 0 Å². The molecule has 2 aliphatic heterocycles. The second kappa shape index (κ2) is 6.57. The smallest absolute Gasteiger partial charge is 0.226 e. The largest absolute Gasteiger partial charge is 0.375 e. The van der Waals surface area contributed by atoms with Gasteiger partial charge in [-0.2, -0.15) is 0 Å². The summed E-state index contributed by atoms with van der Waals surface area (Å²) < 4.78 is 28.6. The van der Waals surface area contributed by atoms with Crippen LogP contribution in [0.25, 0.3) is 0 Å². The maximum absolute atomic E-state index is 12.3. The highest BCUT2D eigenvalue weighted by molar-refractivity contribution is 7.91. The van der Waals surface area contributed by atoms with Crippen LogP contribution in [0.4, 0.5) is 0 Å². The molecule has 2 unspecified atom stereocenters. The van der Waals surface area contributed by atoms with E-state index in [1.807, 2.05) is 0 Å². The second-order valence-corrected chi connectivity index (χ2v) is 7.41. The minimum Gasteiger partial charge on any atom is -0.375 e. The molecule has 20 heavy (non-hydrogen) atoms. The first kappa shape index (κ1) is 15.3. The summed E-state index contributed by atoms with van der Waals surface area (Å²) in [5.41, 5.74) is 0. The number of hydrogen-bond donors (Lipinski definition) is 1. The van der Waals surface area contributed by atoms with E-state index in [-0.39, 0.29) is 42.5 Å². The lowest BCUT2D eigenvalue weighted by Crippen LogP contribution is -2.46. The Morgan fingerprint density at radius 1 is 1.50 bits per heavy atom. The molecular weight excluding hydrogens is 280 g/mol. The summed E-state index contributed by atoms with van der Waals surface area (Å²) in [6.45, 7) is 2.17. The van der Waals surface area contributed by atoms with Gasteiger partial charge in [-0.05, 0) is 6.42 Å². The van der Waals surface area contributed by atoms with E-state index < -0.39 is 9.84 Å². The van der Waals surface area contributed by atoms with Gasteiger partial charge in [-0.25, -0.2) is 8.42 Å². The lowest BCUT2D eigenvalue weighted by molar-refractivity contribution is -0.135. The topological polar surface area (TPSA) is 75.7 Å². The van der Waals surface area contributed by atoms with Crippen molar-refractivity contribution in [3.05, 3.63) is 0 Å². The lowest BCUT2D eigenvalue weighted by atomic mass is 10.1. The van der Waals surface area contributed by atoms with Crippen LogP contribution in [0.5, 0.6) is 0 Å². The Morgan fingerprint density at radius 3 is 2.85 bits per heavy atom. The molecule has 1 N–H and O–H groups in total. The van der Waals surface area contributed by atoms with Gasteiger partial charge >= 0.3 is 0 Å². The summed E-state index contributed by atoms with van der Waals surface area (Å²) in [5.74, 6) is 2.47. The maximum atomic E-state index is 12.3.